The van der Waals surface area contributed by atoms with Crippen molar-refractivity contribution in [3.05, 3.63) is 60.2 Å². The zero-order chi connectivity index (χ0) is 26.7. The third-order valence-electron chi connectivity index (χ3n) is 6.84. The number of benzene rings is 2. The molecule has 2 aliphatic rings. The molecule has 2 fully saturated rings. The molecule has 2 aromatic carbocycles. The summed E-state index contributed by atoms with van der Waals surface area (Å²) >= 11 is 0. The molecule has 2 saturated heterocycles. The number of para-hydroxylation sites is 1. The summed E-state index contributed by atoms with van der Waals surface area (Å²) < 4.78 is 5.45. The zero-order valence-electron chi connectivity index (χ0n) is 21.7. The van der Waals surface area contributed by atoms with E-state index in [2.05, 4.69) is 5.32 Å². The maximum absolute atomic E-state index is 13.7. The Hall–Kier alpha value is -3.88. The van der Waals surface area contributed by atoms with E-state index < -0.39 is 24.2 Å². The van der Waals surface area contributed by atoms with Gasteiger partial charge in [-0.2, -0.15) is 0 Å². The van der Waals surface area contributed by atoms with Crippen LogP contribution in [0, 0.1) is 5.92 Å². The van der Waals surface area contributed by atoms with E-state index in [1.165, 1.54) is 9.80 Å². The van der Waals surface area contributed by atoms with Gasteiger partial charge in [0.25, 0.3) is 5.91 Å². The summed E-state index contributed by atoms with van der Waals surface area (Å²) in [6, 6.07) is 13.9. The van der Waals surface area contributed by atoms with Crippen molar-refractivity contribution >= 4 is 29.4 Å². The highest BCUT2D eigenvalue weighted by Gasteiger charge is 2.52. The van der Waals surface area contributed by atoms with Gasteiger partial charge >= 0.3 is 6.09 Å². The largest absolute Gasteiger partial charge is 0.415 e. The quantitative estimate of drug-likeness (QED) is 0.620. The number of anilines is 1. The van der Waals surface area contributed by atoms with E-state index in [0.717, 1.165) is 5.69 Å². The molecule has 0 aliphatic carbocycles. The first-order chi connectivity index (χ1) is 17.7. The Morgan fingerprint density at radius 1 is 1.03 bits per heavy atom. The summed E-state index contributed by atoms with van der Waals surface area (Å²) in [5.74, 6) is -0.306. The normalized spacial score (nSPS) is 19.5. The molecule has 4 rings (SSSR count). The molecule has 3 atom stereocenters. The number of amides is 3. The molecule has 37 heavy (non-hydrogen) atoms. The molecule has 9 nitrogen and oxygen atoms in total. The van der Waals surface area contributed by atoms with Gasteiger partial charge in [-0.15, -0.1) is 0 Å². The number of carbonyl (C=O) groups excluding carboxylic acids is 4. The molecular formula is C28H34N4O5. The van der Waals surface area contributed by atoms with Crippen LogP contribution in [0.3, 0.4) is 0 Å². The summed E-state index contributed by atoms with van der Waals surface area (Å²) in [5, 5.41) is 2.89. The summed E-state index contributed by atoms with van der Waals surface area (Å²) in [6.45, 7) is 4.18. The van der Waals surface area contributed by atoms with E-state index in [1.807, 2.05) is 51.0 Å². The zero-order valence-corrected chi connectivity index (χ0v) is 21.7. The van der Waals surface area contributed by atoms with Crippen LogP contribution in [0.1, 0.15) is 37.0 Å². The molecule has 0 saturated carbocycles. The molecule has 0 spiro atoms. The van der Waals surface area contributed by atoms with Crippen molar-refractivity contribution in [1.29, 1.82) is 0 Å². The molecule has 2 aromatic rings. The van der Waals surface area contributed by atoms with E-state index in [0.29, 0.717) is 30.7 Å². The van der Waals surface area contributed by atoms with Crippen molar-refractivity contribution in [2.24, 2.45) is 5.92 Å². The van der Waals surface area contributed by atoms with Crippen LogP contribution in [-0.4, -0.2) is 78.8 Å². The fourth-order valence-corrected chi connectivity index (χ4v) is 5.01. The number of rotatable bonds is 7. The molecular weight excluding hydrogens is 472 g/mol. The number of ether oxygens (including phenoxy) is 1. The van der Waals surface area contributed by atoms with Crippen LogP contribution < -0.4 is 15.0 Å². The lowest BCUT2D eigenvalue weighted by Gasteiger charge is -2.29. The Morgan fingerprint density at radius 2 is 1.70 bits per heavy atom. The highest BCUT2D eigenvalue weighted by atomic mass is 16.6. The van der Waals surface area contributed by atoms with Crippen molar-refractivity contribution in [2.45, 2.75) is 44.8 Å². The second-order valence-electron chi connectivity index (χ2n) is 10.2. The van der Waals surface area contributed by atoms with E-state index in [9.17, 15) is 19.2 Å². The van der Waals surface area contributed by atoms with Gasteiger partial charge in [-0.05, 0) is 55.2 Å². The Kier molecular flexibility index (Phi) is 7.80. The number of nitrogens with zero attached hydrogens (tertiary/aromatic N) is 3. The summed E-state index contributed by atoms with van der Waals surface area (Å²) in [5.41, 5.74) is 1.42. The van der Waals surface area contributed by atoms with Gasteiger partial charge in [-0.1, -0.05) is 32.0 Å². The topological polar surface area (TPSA) is 99.3 Å². The first kappa shape index (κ1) is 26.2. The molecule has 9 heteroatoms. The molecule has 3 amide bonds. The molecule has 0 bridgehead atoms. The fourth-order valence-electron chi connectivity index (χ4n) is 5.01. The lowest BCUT2D eigenvalue weighted by molar-refractivity contribution is -0.138. The lowest BCUT2D eigenvalue weighted by atomic mass is 10.0. The molecule has 0 aromatic heterocycles. The van der Waals surface area contributed by atoms with Crippen LogP contribution in [0.25, 0.3) is 0 Å². The standard InChI is InChI=1S/C28H34N4O5/c1-18(2)16-22(29-26(34)19-10-12-20(13-11-19)30(3)4)27(35)31-15-14-23-25(31)24(33)17-32(23)28(36)37-21-8-6-5-7-9-21/h5-13,18,22-23,25H,14-17H2,1-4H3,(H,29,34). The van der Waals surface area contributed by atoms with Crippen molar-refractivity contribution < 1.29 is 23.9 Å². The number of Topliss-reactive ketones (excluding diaryl/α,β-unsaturated/α-hetero) is 1. The van der Waals surface area contributed by atoms with Crippen LogP contribution >= 0.6 is 0 Å². The van der Waals surface area contributed by atoms with Gasteiger partial charge in [0.05, 0.1) is 12.6 Å². The van der Waals surface area contributed by atoms with Gasteiger partial charge < -0.3 is 19.9 Å². The number of nitrogens with one attached hydrogen (secondary N) is 1. The van der Waals surface area contributed by atoms with Gasteiger partial charge in [0.15, 0.2) is 5.78 Å². The minimum Gasteiger partial charge on any atom is -0.410 e. The summed E-state index contributed by atoms with van der Waals surface area (Å²) in [4.78, 5) is 57.4. The molecule has 2 heterocycles. The van der Waals surface area contributed by atoms with E-state index in [1.54, 1.807) is 36.4 Å². The van der Waals surface area contributed by atoms with E-state index in [-0.39, 0.29) is 30.1 Å². The number of hydrogen-bond donors (Lipinski definition) is 1. The third kappa shape index (κ3) is 5.76. The fraction of sp³-hybridized carbons (Fsp3) is 0.429. The van der Waals surface area contributed by atoms with Crippen molar-refractivity contribution in [1.82, 2.24) is 15.1 Å². The predicted octanol–water partition coefficient (Wildman–Crippen LogP) is 2.95. The average molecular weight is 507 g/mol. The van der Waals surface area contributed by atoms with Gasteiger partial charge in [0, 0.05) is 31.9 Å². The Bertz CT molecular complexity index is 1150. The minimum atomic E-state index is -0.780. The molecule has 3 unspecified atom stereocenters. The second-order valence-corrected chi connectivity index (χ2v) is 10.2. The molecule has 1 N–H and O–H groups in total. The number of likely N-dealkylation sites (tertiary alicyclic amines) is 2. The van der Waals surface area contributed by atoms with Crippen molar-refractivity contribution in [3.8, 4) is 5.75 Å². The number of carbonyl (C=O) groups is 4. The lowest BCUT2D eigenvalue weighted by Crippen LogP contribution is -2.53. The van der Waals surface area contributed by atoms with E-state index >= 15 is 0 Å². The predicted molar refractivity (Wildman–Crippen MR) is 140 cm³/mol. The minimum absolute atomic E-state index is 0.107. The SMILES string of the molecule is CC(C)CC(NC(=O)c1ccc(N(C)C)cc1)C(=O)N1CCC2C1C(=O)CN2C(=O)Oc1ccccc1. The van der Waals surface area contributed by atoms with Crippen molar-refractivity contribution in [2.75, 3.05) is 32.1 Å². The Morgan fingerprint density at radius 3 is 2.32 bits per heavy atom. The number of ketones is 1. The van der Waals surface area contributed by atoms with Gasteiger partial charge in [-0.25, -0.2) is 4.79 Å². The smallest absolute Gasteiger partial charge is 0.410 e. The Labute approximate surface area is 217 Å². The number of hydrogen-bond acceptors (Lipinski definition) is 6. The molecule has 2 aliphatic heterocycles. The second kappa shape index (κ2) is 11.0. The third-order valence-corrected chi connectivity index (χ3v) is 6.84. The maximum Gasteiger partial charge on any atom is 0.415 e. The van der Waals surface area contributed by atoms with Gasteiger partial charge in [-0.3, -0.25) is 19.3 Å². The molecule has 196 valence electrons. The van der Waals surface area contributed by atoms with Crippen LogP contribution in [-0.2, 0) is 9.59 Å². The molecule has 0 radical (unpaired) electrons. The monoisotopic (exact) mass is 506 g/mol. The summed E-state index contributed by atoms with van der Waals surface area (Å²) in [6.07, 6.45) is 0.303. The van der Waals surface area contributed by atoms with Crippen molar-refractivity contribution in [3.63, 3.8) is 0 Å². The highest BCUT2D eigenvalue weighted by molar-refractivity contribution is 6.00. The van der Waals surface area contributed by atoms with Crippen LogP contribution in [0.4, 0.5) is 10.5 Å². The summed E-state index contributed by atoms with van der Waals surface area (Å²) in [7, 11) is 3.84. The van der Waals surface area contributed by atoms with Crippen LogP contribution in [0.15, 0.2) is 54.6 Å². The maximum atomic E-state index is 13.7. The van der Waals surface area contributed by atoms with Crippen LogP contribution in [0.2, 0.25) is 0 Å². The van der Waals surface area contributed by atoms with E-state index in [4.69, 9.17) is 4.74 Å². The number of fused-ring (bicyclic) bond motifs is 1. The first-order valence-electron chi connectivity index (χ1n) is 12.6. The Balaban J connectivity index is 1.46. The first-order valence-corrected chi connectivity index (χ1v) is 12.6. The van der Waals surface area contributed by atoms with Gasteiger partial charge in [0.1, 0.15) is 17.8 Å². The van der Waals surface area contributed by atoms with Gasteiger partial charge in [0.2, 0.25) is 5.91 Å². The highest BCUT2D eigenvalue weighted by Crippen LogP contribution is 2.31. The van der Waals surface area contributed by atoms with Crippen LogP contribution in [0.5, 0.6) is 5.75 Å². The average Bonchev–Trinajstić information content (AvgIpc) is 3.45.